The monoisotopic (exact) mass is 447 g/mol. The highest BCUT2D eigenvalue weighted by molar-refractivity contribution is 7.90. The first-order valence-electron chi connectivity index (χ1n) is 9.62. The Morgan fingerprint density at radius 1 is 1.13 bits per heavy atom. The molecule has 0 unspecified atom stereocenters. The molecule has 3 rings (SSSR count). The van der Waals surface area contributed by atoms with Crippen LogP contribution in [0.3, 0.4) is 0 Å². The number of halogens is 1. The normalized spacial score (nSPS) is 15.3. The molecule has 164 valence electrons. The van der Waals surface area contributed by atoms with Gasteiger partial charge < -0.3 is 10.2 Å². The molecular formula is C21H22FN3O5S. The van der Waals surface area contributed by atoms with Crippen molar-refractivity contribution in [3.05, 3.63) is 65.5 Å². The van der Waals surface area contributed by atoms with E-state index < -0.39 is 46.1 Å². The van der Waals surface area contributed by atoms with Gasteiger partial charge in [-0.3, -0.25) is 14.4 Å². The number of nitrogens with zero attached hydrogens (tertiary/aromatic N) is 2. The summed E-state index contributed by atoms with van der Waals surface area (Å²) < 4.78 is 39.4. The number of carbonyl (C=O) groups is 3. The Morgan fingerprint density at radius 3 is 2.35 bits per heavy atom. The summed E-state index contributed by atoms with van der Waals surface area (Å²) in [5.74, 6) is -2.40. The molecule has 0 bridgehead atoms. The fourth-order valence-corrected chi connectivity index (χ4v) is 4.99. The lowest BCUT2D eigenvalue weighted by Gasteiger charge is -2.31. The quantitative estimate of drug-likeness (QED) is 0.693. The van der Waals surface area contributed by atoms with Gasteiger partial charge in [0.1, 0.15) is 23.3 Å². The maximum atomic E-state index is 13.3. The van der Waals surface area contributed by atoms with Crippen molar-refractivity contribution in [3.8, 4) is 0 Å². The maximum absolute atomic E-state index is 13.3. The van der Waals surface area contributed by atoms with Crippen LogP contribution in [0.4, 0.5) is 4.39 Å². The molecule has 2 aromatic carbocycles. The lowest BCUT2D eigenvalue weighted by molar-refractivity contribution is -0.141. The minimum absolute atomic E-state index is 0.00118. The Hall–Kier alpha value is -3.27. The molecular weight excluding hydrogens is 425 g/mol. The molecule has 1 aliphatic heterocycles. The first-order chi connectivity index (χ1) is 14.7. The number of likely N-dealkylation sites (N-methyl/N-ethyl adjacent to an activating group) is 1. The predicted octanol–water partition coefficient (Wildman–Crippen LogP) is 1.52. The number of rotatable bonds is 7. The third-order valence-corrected chi connectivity index (χ3v) is 6.88. The third-order valence-electron chi connectivity index (χ3n) is 5.09. The first-order valence-corrected chi connectivity index (χ1v) is 11.1. The summed E-state index contributed by atoms with van der Waals surface area (Å²) in [6.45, 7) is 0.906. The predicted molar refractivity (Wildman–Crippen MR) is 110 cm³/mol. The van der Waals surface area contributed by atoms with Gasteiger partial charge >= 0.3 is 0 Å². The molecule has 1 aliphatic rings. The number of amides is 3. The van der Waals surface area contributed by atoms with Crippen LogP contribution >= 0.6 is 0 Å². The molecule has 3 amide bonds. The van der Waals surface area contributed by atoms with Crippen LogP contribution in [0.5, 0.6) is 0 Å². The number of carbonyl (C=O) groups excluding carboxylic acids is 3. The van der Waals surface area contributed by atoms with Gasteiger partial charge in [0.05, 0.1) is 5.56 Å². The fraction of sp³-hybridized carbons (Fsp3) is 0.286. The number of sulfonamides is 1. The highest BCUT2D eigenvalue weighted by atomic mass is 32.2. The molecule has 10 heteroatoms. The molecule has 8 nitrogen and oxygen atoms in total. The molecule has 0 radical (unpaired) electrons. The lowest BCUT2D eigenvalue weighted by atomic mass is 10.1. The summed E-state index contributed by atoms with van der Waals surface area (Å²) in [6, 6.07) is 10.2. The van der Waals surface area contributed by atoms with Crippen LogP contribution in [-0.2, 0) is 26.2 Å². The van der Waals surface area contributed by atoms with Crippen LogP contribution in [0.1, 0.15) is 29.3 Å². The molecule has 0 fully saturated rings. The second-order valence-corrected chi connectivity index (χ2v) is 8.83. The molecule has 2 aromatic rings. The minimum atomic E-state index is -4.17. The van der Waals surface area contributed by atoms with Gasteiger partial charge in [-0.2, -0.15) is 0 Å². The van der Waals surface area contributed by atoms with Gasteiger partial charge in [-0.15, -0.1) is 0 Å². The zero-order valence-electron chi connectivity index (χ0n) is 17.0. The molecule has 0 saturated heterocycles. The molecule has 1 N–H and O–H groups in total. The van der Waals surface area contributed by atoms with Crippen molar-refractivity contribution >= 4 is 27.7 Å². The summed E-state index contributed by atoms with van der Waals surface area (Å²) in [6.07, 6.45) is 0.257. The van der Waals surface area contributed by atoms with Crippen LogP contribution in [-0.4, -0.2) is 55.0 Å². The average molecular weight is 447 g/mol. The van der Waals surface area contributed by atoms with Gasteiger partial charge in [-0.25, -0.2) is 17.1 Å². The van der Waals surface area contributed by atoms with E-state index in [1.54, 1.807) is 6.92 Å². The number of fused-ring (bicyclic) bond motifs is 1. The van der Waals surface area contributed by atoms with Crippen molar-refractivity contribution in [1.29, 1.82) is 0 Å². The number of nitrogens with one attached hydrogen (secondary N) is 1. The van der Waals surface area contributed by atoms with Gasteiger partial charge in [-0.1, -0.05) is 31.2 Å². The van der Waals surface area contributed by atoms with Crippen molar-refractivity contribution < 1.29 is 27.2 Å². The minimum Gasteiger partial charge on any atom is -0.357 e. The lowest BCUT2D eigenvalue weighted by Crippen LogP contribution is -2.51. The van der Waals surface area contributed by atoms with Crippen molar-refractivity contribution in [3.63, 3.8) is 0 Å². The molecule has 31 heavy (non-hydrogen) atoms. The van der Waals surface area contributed by atoms with Crippen molar-refractivity contribution in [2.75, 3.05) is 13.6 Å². The number of benzene rings is 2. The highest BCUT2D eigenvalue weighted by Crippen LogP contribution is 2.30. The third kappa shape index (κ3) is 4.29. The van der Waals surface area contributed by atoms with Crippen LogP contribution in [0.25, 0.3) is 0 Å². The Labute approximate surface area is 179 Å². The van der Waals surface area contributed by atoms with Crippen LogP contribution in [0, 0.1) is 5.82 Å². The summed E-state index contributed by atoms with van der Waals surface area (Å²) >= 11 is 0. The molecule has 1 heterocycles. The summed E-state index contributed by atoms with van der Waals surface area (Å²) in [5, 5.41) is 2.49. The summed E-state index contributed by atoms with van der Waals surface area (Å²) in [5.41, 5.74) is 0.551. The van der Waals surface area contributed by atoms with Gasteiger partial charge in [0.2, 0.25) is 11.8 Å². The van der Waals surface area contributed by atoms with E-state index in [0.717, 1.165) is 0 Å². The Morgan fingerprint density at radius 2 is 1.77 bits per heavy atom. The molecule has 0 saturated carbocycles. The van der Waals surface area contributed by atoms with Gasteiger partial charge in [0, 0.05) is 13.6 Å². The second-order valence-electron chi connectivity index (χ2n) is 7.00. The van der Waals surface area contributed by atoms with Gasteiger partial charge in [0.25, 0.3) is 15.9 Å². The van der Waals surface area contributed by atoms with Crippen molar-refractivity contribution in [2.24, 2.45) is 0 Å². The van der Waals surface area contributed by atoms with E-state index in [-0.39, 0.29) is 23.4 Å². The Bertz CT molecular complexity index is 1120. The maximum Gasteiger partial charge on any atom is 0.269 e. The molecule has 0 aromatic heterocycles. The van der Waals surface area contributed by atoms with Crippen molar-refractivity contribution in [2.45, 2.75) is 30.8 Å². The van der Waals surface area contributed by atoms with E-state index in [2.05, 4.69) is 5.32 Å². The SMILES string of the molecule is CC[C@H](C(=O)NC)N(Cc1ccc(F)cc1)C(=O)CN1C(=O)c2ccccc2S1(=O)=O. The van der Waals surface area contributed by atoms with E-state index in [1.165, 1.54) is 60.5 Å². The van der Waals surface area contributed by atoms with Gasteiger partial charge in [-0.05, 0) is 36.2 Å². The zero-order valence-corrected chi connectivity index (χ0v) is 17.9. The largest absolute Gasteiger partial charge is 0.357 e. The summed E-state index contributed by atoms with van der Waals surface area (Å²) in [7, 11) is -2.75. The van der Waals surface area contributed by atoms with Crippen LogP contribution in [0.15, 0.2) is 53.4 Å². The Kier molecular flexibility index (Phi) is 6.40. The van der Waals surface area contributed by atoms with Gasteiger partial charge in [0.15, 0.2) is 0 Å². The number of hydrogen-bond acceptors (Lipinski definition) is 5. The smallest absolute Gasteiger partial charge is 0.269 e. The fourth-order valence-electron chi connectivity index (χ4n) is 3.47. The van der Waals surface area contributed by atoms with E-state index in [4.69, 9.17) is 0 Å². The number of hydrogen-bond donors (Lipinski definition) is 1. The average Bonchev–Trinajstić information content (AvgIpc) is 2.95. The van der Waals surface area contributed by atoms with Crippen LogP contribution < -0.4 is 5.32 Å². The topological polar surface area (TPSA) is 104 Å². The van der Waals surface area contributed by atoms with E-state index in [1.807, 2.05) is 0 Å². The second kappa shape index (κ2) is 8.84. The summed E-state index contributed by atoms with van der Waals surface area (Å²) in [4.78, 5) is 39.3. The van der Waals surface area contributed by atoms with E-state index in [0.29, 0.717) is 9.87 Å². The van der Waals surface area contributed by atoms with Crippen molar-refractivity contribution in [1.82, 2.24) is 14.5 Å². The molecule has 1 atom stereocenters. The first kappa shape index (κ1) is 22.4. The Balaban J connectivity index is 1.92. The zero-order chi connectivity index (χ0) is 22.8. The standard InChI is InChI=1S/C21H22FN3O5S/c1-3-17(20(27)23-2)24(12-14-8-10-15(22)11-9-14)19(26)13-25-21(28)16-6-4-5-7-18(16)31(25,29)30/h4-11,17H,3,12-13H2,1-2H3,(H,23,27)/t17-/m1/s1. The molecule has 0 aliphatic carbocycles. The molecule has 0 spiro atoms. The van der Waals surface area contributed by atoms with E-state index in [9.17, 15) is 27.2 Å². The van der Waals surface area contributed by atoms with Crippen LogP contribution in [0.2, 0.25) is 0 Å². The van der Waals surface area contributed by atoms with E-state index >= 15 is 0 Å². The highest BCUT2D eigenvalue weighted by Gasteiger charge is 2.43.